The lowest BCUT2D eigenvalue weighted by molar-refractivity contribution is -0.138. The molecule has 1 amide bonds. The highest BCUT2D eigenvalue weighted by atomic mass is 32.2. The summed E-state index contributed by atoms with van der Waals surface area (Å²) < 4.78 is 25.3. The van der Waals surface area contributed by atoms with Crippen LogP contribution in [0.1, 0.15) is 103 Å². The number of unbranched alkanes of at least 4 members (excludes halogenated alkanes) is 11. The zero-order valence-electron chi connectivity index (χ0n) is 17.4. The van der Waals surface area contributed by atoms with Crippen LogP contribution in [0.2, 0.25) is 0 Å². The van der Waals surface area contributed by atoms with Crippen molar-refractivity contribution in [1.29, 1.82) is 0 Å². The van der Waals surface area contributed by atoms with Crippen molar-refractivity contribution in [3.63, 3.8) is 0 Å². The van der Waals surface area contributed by atoms with Gasteiger partial charge in [-0.25, -0.2) is 8.42 Å². The first-order chi connectivity index (χ1) is 13.7. The molecule has 0 spiro atoms. The highest BCUT2D eigenvalue weighted by molar-refractivity contribution is 7.90. The SMILES string of the molecule is O=C(O)CCCCCCCCCCCCCCC(=O)NS(=O)(=O)CCCC(=O)O. The van der Waals surface area contributed by atoms with Gasteiger partial charge in [-0.05, 0) is 19.3 Å². The lowest BCUT2D eigenvalue weighted by Gasteiger charge is -2.06. The summed E-state index contributed by atoms with van der Waals surface area (Å²) in [5.41, 5.74) is 0. The zero-order chi connectivity index (χ0) is 22.0. The smallest absolute Gasteiger partial charge is 0.303 e. The molecule has 0 heterocycles. The maximum Gasteiger partial charge on any atom is 0.303 e. The molecule has 8 nitrogen and oxygen atoms in total. The predicted octanol–water partition coefficient (Wildman–Crippen LogP) is 3.84. The number of carbonyl (C=O) groups is 3. The van der Waals surface area contributed by atoms with E-state index in [0.717, 1.165) is 51.4 Å². The Morgan fingerprint density at radius 2 is 0.897 bits per heavy atom. The van der Waals surface area contributed by atoms with E-state index in [-0.39, 0.29) is 31.4 Å². The fraction of sp³-hybridized carbons (Fsp3) is 0.850. The van der Waals surface area contributed by atoms with Gasteiger partial charge in [0, 0.05) is 19.3 Å². The van der Waals surface area contributed by atoms with Crippen LogP contribution in [0.4, 0.5) is 0 Å². The fourth-order valence-corrected chi connectivity index (χ4v) is 4.09. The molecule has 0 rings (SSSR count). The van der Waals surface area contributed by atoms with Crippen molar-refractivity contribution in [1.82, 2.24) is 4.72 Å². The van der Waals surface area contributed by atoms with Crippen LogP contribution in [-0.4, -0.2) is 42.2 Å². The molecule has 0 radical (unpaired) electrons. The molecular weight excluding hydrogens is 398 g/mol. The Hall–Kier alpha value is -1.64. The van der Waals surface area contributed by atoms with Crippen LogP contribution in [0, 0.1) is 0 Å². The molecule has 0 aliphatic heterocycles. The minimum atomic E-state index is -3.74. The molecule has 3 N–H and O–H groups in total. The van der Waals surface area contributed by atoms with E-state index in [1.165, 1.54) is 19.3 Å². The number of carboxylic acid groups (broad SMARTS) is 2. The van der Waals surface area contributed by atoms with Gasteiger partial charge in [-0.1, -0.05) is 64.2 Å². The van der Waals surface area contributed by atoms with E-state index in [2.05, 4.69) is 0 Å². The lowest BCUT2D eigenvalue weighted by atomic mass is 10.0. The third-order valence-corrected chi connectivity index (χ3v) is 5.98. The Balaban J connectivity index is 3.44. The quantitative estimate of drug-likeness (QED) is 0.247. The van der Waals surface area contributed by atoms with Gasteiger partial charge in [-0.2, -0.15) is 0 Å². The number of aliphatic carboxylic acids is 2. The van der Waals surface area contributed by atoms with E-state index in [0.29, 0.717) is 6.42 Å². The summed E-state index contributed by atoms with van der Waals surface area (Å²) in [5, 5.41) is 17.0. The van der Waals surface area contributed by atoms with Crippen molar-refractivity contribution in [2.45, 2.75) is 103 Å². The second kappa shape index (κ2) is 17.2. The molecule has 0 aromatic heterocycles. The molecule has 0 atom stereocenters. The van der Waals surface area contributed by atoms with Gasteiger partial charge in [0.1, 0.15) is 0 Å². The first-order valence-corrected chi connectivity index (χ1v) is 12.3. The van der Waals surface area contributed by atoms with E-state index >= 15 is 0 Å². The van der Waals surface area contributed by atoms with Gasteiger partial charge in [-0.15, -0.1) is 0 Å². The van der Waals surface area contributed by atoms with Crippen molar-refractivity contribution in [3.05, 3.63) is 0 Å². The minimum Gasteiger partial charge on any atom is -0.481 e. The standard InChI is InChI=1S/C20H37NO7S/c22-18(21-29(27,28)17-13-16-20(25)26)14-11-9-7-5-3-1-2-4-6-8-10-12-15-19(23)24/h1-17H2,(H,21,22)(H,23,24)(H,25,26). The van der Waals surface area contributed by atoms with Gasteiger partial charge in [0.25, 0.3) is 0 Å². The number of amides is 1. The molecule has 0 aliphatic carbocycles. The van der Waals surface area contributed by atoms with Gasteiger partial charge in [0.15, 0.2) is 0 Å². The normalized spacial score (nSPS) is 11.3. The maximum absolute atomic E-state index is 11.7. The Morgan fingerprint density at radius 3 is 1.31 bits per heavy atom. The summed E-state index contributed by atoms with van der Waals surface area (Å²) in [6.07, 6.45) is 12.6. The van der Waals surface area contributed by atoms with Crippen LogP contribution >= 0.6 is 0 Å². The predicted molar refractivity (Wildman–Crippen MR) is 111 cm³/mol. The Labute approximate surface area is 174 Å². The Kier molecular flexibility index (Phi) is 16.3. The zero-order valence-corrected chi connectivity index (χ0v) is 18.2. The van der Waals surface area contributed by atoms with Gasteiger partial charge in [-0.3, -0.25) is 19.1 Å². The lowest BCUT2D eigenvalue weighted by Crippen LogP contribution is -2.32. The summed E-state index contributed by atoms with van der Waals surface area (Å²) in [6, 6.07) is 0. The second-order valence-corrected chi connectivity index (χ2v) is 9.32. The van der Waals surface area contributed by atoms with Gasteiger partial charge < -0.3 is 10.2 Å². The van der Waals surface area contributed by atoms with E-state index in [9.17, 15) is 22.8 Å². The minimum absolute atomic E-state index is 0.0112. The van der Waals surface area contributed by atoms with Crippen molar-refractivity contribution in [2.24, 2.45) is 0 Å². The molecule has 0 bridgehead atoms. The van der Waals surface area contributed by atoms with Crippen LogP contribution < -0.4 is 4.72 Å². The molecule has 9 heteroatoms. The van der Waals surface area contributed by atoms with Gasteiger partial charge in [0.2, 0.25) is 15.9 Å². The number of sulfonamides is 1. The maximum atomic E-state index is 11.7. The summed E-state index contributed by atoms with van der Waals surface area (Å²) in [5.74, 6) is -2.65. The van der Waals surface area contributed by atoms with Crippen LogP contribution in [0.15, 0.2) is 0 Å². The number of rotatable bonds is 20. The monoisotopic (exact) mass is 435 g/mol. The van der Waals surface area contributed by atoms with Gasteiger partial charge >= 0.3 is 11.9 Å². The van der Waals surface area contributed by atoms with E-state index in [4.69, 9.17) is 10.2 Å². The highest BCUT2D eigenvalue weighted by Gasteiger charge is 2.14. The summed E-state index contributed by atoms with van der Waals surface area (Å²) in [7, 11) is -3.74. The third kappa shape index (κ3) is 20.9. The largest absolute Gasteiger partial charge is 0.481 e. The molecule has 0 unspecified atom stereocenters. The summed E-state index contributed by atoms with van der Waals surface area (Å²) in [6.45, 7) is 0. The van der Waals surface area contributed by atoms with Crippen molar-refractivity contribution >= 4 is 27.9 Å². The molecule has 0 aromatic rings. The molecule has 0 fully saturated rings. The molecule has 0 aromatic carbocycles. The highest BCUT2D eigenvalue weighted by Crippen LogP contribution is 2.13. The van der Waals surface area contributed by atoms with E-state index in [1.54, 1.807) is 0 Å². The number of hydrogen-bond acceptors (Lipinski definition) is 5. The van der Waals surface area contributed by atoms with E-state index < -0.39 is 27.9 Å². The number of nitrogens with one attached hydrogen (secondary N) is 1. The fourth-order valence-electron chi connectivity index (χ4n) is 3.02. The molecule has 29 heavy (non-hydrogen) atoms. The van der Waals surface area contributed by atoms with Crippen LogP contribution in [-0.2, 0) is 24.4 Å². The number of carbonyl (C=O) groups excluding carboxylic acids is 1. The van der Waals surface area contributed by atoms with Crippen LogP contribution in [0.5, 0.6) is 0 Å². The van der Waals surface area contributed by atoms with Crippen molar-refractivity contribution < 1.29 is 33.0 Å². The molecule has 0 saturated heterocycles. The first kappa shape index (κ1) is 27.4. The molecule has 170 valence electrons. The molecule has 0 saturated carbocycles. The average molecular weight is 436 g/mol. The summed E-state index contributed by atoms with van der Waals surface area (Å²) in [4.78, 5) is 32.4. The number of carboxylic acids is 2. The third-order valence-electron chi connectivity index (χ3n) is 4.62. The number of hydrogen-bond donors (Lipinski definition) is 3. The summed E-state index contributed by atoms with van der Waals surface area (Å²) >= 11 is 0. The van der Waals surface area contributed by atoms with Crippen LogP contribution in [0.25, 0.3) is 0 Å². The van der Waals surface area contributed by atoms with Crippen molar-refractivity contribution in [3.8, 4) is 0 Å². The molecule has 0 aliphatic rings. The average Bonchev–Trinajstić information content (AvgIpc) is 2.60. The second-order valence-electron chi connectivity index (χ2n) is 7.48. The van der Waals surface area contributed by atoms with Gasteiger partial charge in [0.05, 0.1) is 5.75 Å². The van der Waals surface area contributed by atoms with Crippen LogP contribution in [0.3, 0.4) is 0 Å². The van der Waals surface area contributed by atoms with E-state index in [1.807, 2.05) is 4.72 Å². The Morgan fingerprint density at radius 1 is 0.552 bits per heavy atom. The first-order valence-electron chi connectivity index (χ1n) is 10.7. The van der Waals surface area contributed by atoms with Crippen molar-refractivity contribution in [2.75, 3.05) is 5.75 Å². The molecular formula is C20H37NO7S. The topological polar surface area (TPSA) is 138 Å². The Bertz CT molecular complexity index is 575.